The number of thiophene rings is 1. The van der Waals surface area contributed by atoms with Gasteiger partial charge < -0.3 is 9.73 Å². The molecule has 0 aliphatic rings. The predicted octanol–water partition coefficient (Wildman–Crippen LogP) is 4.17. The maximum Gasteiger partial charge on any atom is 0.276 e. The molecule has 0 fully saturated rings. The van der Waals surface area contributed by atoms with Crippen LogP contribution < -0.4 is 5.32 Å². The summed E-state index contributed by atoms with van der Waals surface area (Å²) in [6.07, 6.45) is 5.14. The molecule has 1 aromatic carbocycles. The van der Waals surface area contributed by atoms with E-state index in [1.165, 1.54) is 17.8 Å². The van der Waals surface area contributed by atoms with E-state index < -0.39 is 0 Å². The fourth-order valence-corrected chi connectivity index (χ4v) is 2.80. The van der Waals surface area contributed by atoms with Crippen LogP contribution in [0.5, 0.6) is 0 Å². The first-order valence-electron chi connectivity index (χ1n) is 6.76. The second-order valence-electron chi connectivity index (χ2n) is 4.46. The highest BCUT2D eigenvalue weighted by Gasteiger charge is 2.13. The largest absolute Gasteiger partial charge is 0.411 e. The Kier molecular flexibility index (Phi) is 4.89. The van der Waals surface area contributed by atoms with Crippen molar-refractivity contribution in [3.8, 4) is 11.5 Å². The molecule has 0 bridgehead atoms. The number of rotatable bonds is 5. The molecule has 0 aliphatic heterocycles. The van der Waals surface area contributed by atoms with Gasteiger partial charge in [0.25, 0.3) is 11.1 Å². The van der Waals surface area contributed by atoms with Gasteiger partial charge in [-0.3, -0.25) is 4.79 Å². The third-order valence-electron chi connectivity index (χ3n) is 2.94. The summed E-state index contributed by atoms with van der Waals surface area (Å²) in [5, 5.41) is 13.2. The van der Waals surface area contributed by atoms with Crippen LogP contribution in [0.3, 0.4) is 0 Å². The molecule has 0 aliphatic carbocycles. The molecule has 23 heavy (non-hydrogen) atoms. The lowest BCUT2D eigenvalue weighted by Crippen LogP contribution is -2.08. The van der Waals surface area contributed by atoms with Gasteiger partial charge in [0.1, 0.15) is 0 Å². The molecule has 5 nitrogen and oxygen atoms in total. The molecular weight excluding hydrogens is 330 g/mol. The van der Waals surface area contributed by atoms with Crippen LogP contribution in [0, 0.1) is 0 Å². The Morgan fingerprint density at radius 3 is 2.87 bits per heavy atom. The minimum Gasteiger partial charge on any atom is -0.411 e. The number of amides is 1. The molecule has 1 amide bonds. The predicted molar refractivity (Wildman–Crippen MR) is 93.5 cm³/mol. The van der Waals surface area contributed by atoms with E-state index in [-0.39, 0.29) is 5.91 Å². The average Bonchev–Trinajstić information content (AvgIpc) is 3.25. The van der Waals surface area contributed by atoms with E-state index in [2.05, 4.69) is 15.5 Å². The van der Waals surface area contributed by atoms with Crippen LogP contribution in [0.1, 0.15) is 4.88 Å². The zero-order valence-corrected chi connectivity index (χ0v) is 13.9. The van der Waals surface area contributed by atoms with Crippen molar-refractivity contribution in [2.75, 3.05) is 11.6 Å². The number of nitrogens with zero attached hydrogens (tertiary/aromatic N) is 2. The number of benzene rings is 1. The van der Waals surface area contributed by atoms with Gasteiger partial charge in [0.05, 0.1) is 11.3 Å². The van der Waals surface area contributed by atoms with E-state index in [1.54, 1.807) is 23.5 Å². The van der Waals surface area contributed by atoms with Crippen LogP contribution >= 0.6 is 23.1 Å². The van der Waals surface area contributed by atoms with Gasteiger partial charge in [0.15, 0.2) is 0 Å². The van der Waals surface area contributed by atoms with E-state index >= 15 is 0 Å². The Morgan fingerprint density at radius 2 is 2.13 bits per heavy atom. The van der Waals surface area contributed by atoms with Gasteiger partial charge >= 0.3 is 0 Å². The Balaban J connectivity index is 1.79. The molecule has 2 aromatic heterocycles. The Bertz CT molecular complexity index is 825. The second kappa shape index (κ2) is 7.26. The Hall–Kier alpha value is -2.38. The van der Waals surface area contributed by atoms with Crippen molar-refractivity contribution in [1.82, 2.24) is 10.2 Å². The first-order valence-corrected chi connectivity index (χ1v) is 8.86. The lowest BCUT2D eigenvalue weighted by Gasteiger charge is -2.06. The van der Waals surface area contributed by atoms with E-state index in [1.807, 2.05) is 42.0 Å². The number of carbonyl (C=O) groups is 1. The lowest BCUT2D eigenvalue weighted by molar-refractivity contribution is -0.111. The molecule has 0 spiro atoms. The second-order valence-corrected chi connectivity index (χ2v) is 6.20. The minimum absolute atomic E-state index is 0.213. The maximum absolute atomic E-state index is 12.1. The molecule has 3 aromatic rings. The third-order valence-corrected chi connectivity index (χ3v) is 4.29. The number of para-hydroxylation sites is 1. The number of aromatic nitrogens is 2. The quantitative estimate of drug-likeness (QED) is 0.556. The summed E-state index contributed by atoms with van der Waals surface area (Å²) in [7, 11) is 0. The van der Waals surface area contributed by atoms with Crippen LogP contribution in [-0.2, 0) is 4.79 Å². The van der Waals surface area contributed by atoms with Crippen molar-refractivity contribution in [2.24, 2.45) is 0 Å². The summed E-state index contributed by atoms with van der Waals surface area (Å²) in [4.78, 5) is 13.1. The first-order chi connectivity index (χ1) is 11.3. The molecule has 0 saturated heterocycles. The summed E-state index contributed by atoms with van der Waals surface area (Å²) >= 11 is 2.95. The van der Waals surface area contributed by atoms with Crippen molar-refractivity contribution in [3.05, 3.63) is 52.7 Å². The lowest BCUT2D eigenvalue weighted by atomic mass is 10.1. The van der Waals surface area contributed by atoms with Crippen molar-refractivity contribution in [1.29, 1.82) is 0 Å². The summed E-state index contributed by atoms with van der Waals surface area (Å²) in [5.74, 6) is 0.169. The highest BCUT2D eigenvalue weighted by Crippen LogP contribution is 2.28. The molecule has 0 atom stereocenters. The molecule has 0 unspecified atom stereocenters. The smallest absolute Gasteiger partial charge is 0.276 e. The highest BCUT2D eigenvalue weighted by molar-refractivity contribution is 7.98. The minimum atomic E-state index is -0.213. The number of carbonyl (C=O) groups excluding carboxylic acids is 1. The summed E-state index contributed by atoms with van der Waals surface area (Å²) in [6, 6.07) is 11.2. The van der Waals surface area contributed by atoms with Gasteiger partial charge in [-0.15, -0.1) is 21.5 Å². The molecule has 7 heteroatoms. The molecular formula is C16H13N3O2S2. The maximum atomic E-state index is 12.1. The SMILES string of the molecule is CSc1nnc(-c2ccccc2NC(=O)C=Cc2cccs2)o1. The van der Waals surface area contributed by atoms with Crippen LogP contribution in [-0.4, -0.2) is 22.4 Å². The monoisotopic (exact) mass is 343 g/mol. The first kappa shape index (κ1) is 15.5. The van der Waals surface area contributed by atoms with E-state index in [0.29, 0.717) is 22.4 Å². The molecule has 116 valence electrons. The number of hydrogen-bond donors (Lipinski definition) is 1. The third kappa shape index (κ3) is 3.88. The van der Waals surface area contributed by atoms with E-state index in [9.17, 15) is 4.79 Å². The van der Waals surface area contributed by atoms with Crippen molar-refractivity contribution >= 4 is 40.8 Å². The van der Waals surface area contributed by atoms with Crippen molar-refractivity contribution < 1.29 is 9.21 Å². The van der Waals surface area contributed by atoms with Gasteiger partial charge in [0, 0.05) is 11.0 Å². The molecule has 2 heterocycles. The zero-order chi connectivity index (χ0) is 16.1. The zero-order valence-electron chi connectivity index (χ0n) is 12.2. The Labute approximate surface area is 141 Å². The van der Waals surface area contributed by atoms with Crippen LogP contribution in [0.25, 0.3) is 17.5 Å². The molecule has 0 saturated carbocycles. The number of thioether (sulfide) groups is 1. The number of nitrogens with one attached hydrogen (secondary N) is 1. The normalized spacial score (nSPS) is 11.0. The number of anilines is 1. The fraction of sp³-hybridized carbons (Fsp3) is 0.0625. The van der Waals surface area contributed by atoms with Gasteiger partial charge in [-0.1, -0.05) is 30.0 Å². The standard InChI is InChI=1S/C16H13N3O2S2/c1-22-16-19-18-15(21-16)12-6-2-3-7-13(12)17-14(20)9-8-11-5-4-10-23-11/h2-10H,1H3,(H,17,20). The topological polar surface area (TPSA) is 68.0 Å². The van der Waals surface area contributed by atoms with Gasteiger partial charge in [0.2, 0.25) is 5.91 Å². The van der Waals surface area contributed by atoms with Crippen molar-refractivity contribution in [2.45, 2.75) is 5.22 Å². The summed E-state index contributed by atoms with van der Waals surface area (Å²) < 4.78 is 5.53. The molecule has 3 rings (SSSR count). The van der Waals surface area contributed by atoms with Gasteiger partial charge in [-0.2, -0.15) is 0 Å². The summed E-state index contributed by atoms with van der Waals surface area (Å²) in [5.41, 5.74) is 1.32. The number of hydrogen-bond acceptors (Lipinski definition) is 6. The van der Waals surface area contributed by atoms with E-state index in [4.69, 9.17) is 4.42 Å². The molecule has 1 N–H and O–H groups in total. The van der Waals surface area contributed by atoms with Gasteiger partial charge in [-0.25, -0.2) is 0 Å². The van der Waals surface area contributed by atoms with Gasteiger partial charge in [-0.05, 0) is 35.9 Å². The van der Waals surface area contributed by atoms with E-state index in [0.717, 1.165) is 4.88 Å². The van der Waals surface area contributed by atoms with Crippen LogP contribution in [0.15, 0.2) is 57.5 Å². The van der Waals surface area contributed by atoms with Crippen LogP contribution in [0.2, 0.25) is 0 Å². The fourth-order valence-electron chi connectivity index (χ4n) is 1.90. The average molecular weight is 343 g/mol. The van der Waals surface area contributed by atoms with Crippen LogP contribution in [0.4, 0.5) is 5.69 Å². The molecule has 0 radical (unpaired) electrons. The highest BCUT2D eigenvalue weighted by atomic mass is 32.2. The summed E-state index contributed by atoms with van der Waals surface area (Å²) in [6.45, 7) is 0. The van der Waals surface area contributed by atoms with Crippen molar-refractivity contribution in [3.63, 3.8) is 0 Å². The Morgan fingerprint density at radius 1 is 1.26 bits per heavy atom.